The molecule has 0 bridgehead atoms. The Morgan fingerprint density at radius 2 is 1.50 bits per heavy atom. The van der Waals surface area contributed by atoms with Gasteiger partial charge in [-0.25, -0.2) is 0 Å². The number of esters is 2. The van der Waals surface area contributed by atoms with E-state index in [1.165, 1.54) is 13.8 Å². The number of hydrogen-bond donors (Lipinski definition) is 0. The first-order valence-corrected chi connectivity index (χ1v) is 5.80. The highest BCUT2D eigenvalue weighted by Crippen LogP contribution is 1.94. The van der Waals surface area contributed by atoms with Crippen LogP contribution in [-0.4, -0.2) is 25.2 Å². The SMILES string of the molecule is C=C(C)CCOC(C)=O.CC(=O)OCC=C(C)C. The minimum Gasteiger partial charge on any atom is -0.466 e. The van der Waals surface area contributed by atoms with Gasteiger partial charge in [-0.2, -0.15) is 0 Å². The lowest BCUT2D eigenvalue weighted by Crippen LogP contribution is -1.99. The fourth-order valence-corrected chi connectivity index (χ4v) is 0.695. The van der Waals surface area contributed by atoms with Gasteiger partial charge in [-0.1, -0.05) is 11.1 Å². The van der Waals surface area contributed by atoms with Crippen LogP contribution in [0.2, 0.25) is 0 Å². The first kappa shape index (κ1) is 18.8. The second kappa shape index (κ2) is 11.9. The second-order valence-electron chi connectivity index (χ2n) is 4.13. The van der Waals surface area contributed by atoms with Crippen molar-refractivity contribution in [1.29, 1.82) is 0 Å². The zero-order chi connectivity index (χ0) is 14.6. The van der Waals surface area contributed by atoms with Crippen molar-refractivity contribution in [2.45, 2.75) is 41.0 Å². The van der Waals surface area contributed by atoms with Crippen LogP contribution in [-0.2, 0) is 19.1 Å². The maximum atomic E-state index is 10.2. The maximum Gasteiger partial charge on any atom is 0.302 e. The van der Waals surface area contributed by atoms with E-state index in [2.05, 4.69) is 16.1 Å². The van der Waals surface area contributed by atoms with Crippen LogP contribution in [0.5, 0.6) is 0 Å². The molecule has 0 aromatic carbocycles. The molecule has 0 heterocycles. The lowest BCUT2D eigenvalue weighted by atomic mass is 10.3. The smallest absolute Gasteiger partial charge is 0.302 e. The molecule has 0 saturated carbocycles. The van der Waals surface area contributed by atoms with Gasteiger partial charge in [0.15, 0.2) is 0 Å². The van der Waals surface area contributed by atoms with Crippen LogP contribution >= 0.6 is 0 Å². The summed E-state index contributed by atoms with van der Waals surface area (Å²) in [5.74, 6) is -0.455. The largest absolute Gasteiger partial charge is 0.466 e. The minimum atomic E-state index is -0.229. The van der Waals surface area contributed by atoms with Crippen LogP contribution in [0.25, 0.3) is 0 Å². The third-order valence-electron chi connectivity index (χ3n) is 1.61. The van der Waals surface area contributed by atoms with E-state index in [9.17, 15) is 9.59 Å². The molecule has 0 saturated heterocycles. The average molecular weight is 256 g/mol. The third-order valence-corrected chi connectivity index (χ3v) is 1.61. The van der Waals surface area contributed by atoms with E-state index in [1.54, 1.807) is 0 Å². The zero-order valence-corrected chi connectivity index (χ0v) is 12.0. The molecule has 0 aliphatic rings. The summed E-state index contributed by atoms with van der Waals surface area (Å²) >= 11 is 0. The van der Waals surface area contributed by atoms with Crippen molar-refractivity contribution in [2.75, 3.05) is 13.2 Å². The first-order chi connectivity index (χ1) is 8.25. The Balaban J connectivity index is 0. The van der Waals surface area contributed by atoms with Crippen molar-refractivity contribution in [2.24, 2.45) is 0 Å². The van der Waals surface area contributed by atoms with Crippen LogP contribution in [0.15, 0.2) is 23.8 Å². The maximum absolute atomic E-state index is 10.2. The van der Waals surface area contributed by atoms with Crippen LogP contribution < -0.4 is 0 Å². The molecular weight excluding hydrogens is 232 g/mol. The van der Waals surface area contributed by atoms with Gasteiger partial charge in [-0.15, -0.1) is 6.58 Å². The molecule has 104 valence electrons. The number of ether oxygens (including phenoxy) is 2. The van der Waals surface area contributed by atoms with Crippen molar-refractivity contribution in [3.05, 3.63) is 23.8 Å². The van der Waals surface area contributed by atoms with E-state index in [-0.39, 0.29) is 11.9 Å². The Labute approximate surface area is 110 Å². The van der Waals surface area contributed by atoms with Gasteiger partial charge in [0.1, 0.15) is 6.61 Å². The van der Waals surface area contributed by atoms with Gasteiger partial charge in [0.05, 0.1) is 6.61 Å². The van der Waals surface area contributed by atoms with Crippen molar-refractivity contribution >= 4 is 11.9 Å². The van der Waals surface area contributed by atoms with Gasteiger partial charge in [0.2, 0.25) is 0 Å². The van der Waals surface area contributed by atoms with Gasteiger partial charge in [0.25, 0.3) is 0 Å². The van der Waals surface area contributed by atoms with E-state index < -0.39 is 0 Å². The van der Waals surface area contributed by atoms with Gasteiger partial charge >= 0.3 is 11.9 Å². The minimum absolute atomic E-state index is 0.226. The fourth-order valence-electron chi connectivity index (χ4n) is 0.695. The lowest BCUT2D eigenvalue weighted by molar-refractivity contribution is -0.141. The fraction of sp³-hybridized carbons (Fsp3) is 0.571. The molecule has 4 heteroatoms. The summed E-state index contributed by atoms with van der Waals surface area (Å²) in [7, 11) is 0. The number of carbonyl (C=O) groups is 2. The molecule has 0 aliphatic carbocycles. The highest BCUT2D eigenvalue weighted by Gasteiger charge is 1.90. The molecule has 0 aromatic heterocycles. The summed E-state index contributed by atoms with van der Waals surface area (Å²) in [5.41, 5.74) is 2.20. The molecule has 4 nitrogen and oxygen atoms in total. The van der Waals surface area contributed by atoms with E-state index in [1.807, 2.05) is 26.8 Å². The molecule has 0 spiro atoms. The molecule has 0 radical (unpaired) electrons. The number of allylic oxidation sites excluding steroid dienone is 1. The standard InChI is InChI=1S/2C7H12O2/c2*1-6(2)4-5-9-7(3)8/h4H,5H2,1-3H3;1,4-5H2,2-3H3. The highest BCUT2D eigenvalue weighted by atomic mass is 16.5. The summed E-state index contributed by atoms with van der Waals surface area (Å²) in [6.45, 7) is 13.2. The molecule has 0 aliphatic heterocycles. The Morgan fingerprint density at radius 1 is 1.00 bits per heavy atom. The van der Waals surface area contributed by atoms with Crippen LogP contribution in [0, 0.1) is 0 Å². The third kappa shape index (κ3) is 23.9. The first-order valence-electron chi connectivity index (χ1n) is 5.80. The quantitative estimate of drug-likeness (QED) is 0.560. The van der Waals surface area contributed by atoms with Crippen molar-refractivity contribution in [1.82, 2.24) is 0 Å². The molecule has 18 heavy (non-hydrogen) atoms. The molecule has 0 amide bonds. The molecule has 0 unspecified atom stereocenters. The van der Waals surface area contributed by atoms with Crippen molar-refractivity contribution in [3.8, 4) is 0 Å². The zero-order valence-electron chi connectivity index (χ0n) is 12.0. The summed E-state index contributed by atoms with van der Waals surface area (Å²) in [5, 5.41) is 0. The Kier molecular flexibility index (Phi) is 12.4. The second-order valence-corrected chi connectivity index (χ2v) is 4.13. The topological polar surface area (TPSA) is 52.6 Å². The molecule has 0 N–H and O–H groups in total. The summed E-state index contributed by atoms with van der Waals surface area (Å²) in [4.78, 5) is 20.3. The summed E-state index contributed by atoms with van der Waals surface area (Å²) in [6.07, 6.45) is 2.63. The molecule has 0 fully saturated rings. The van der Waals surface area contributed by atoms with Gasteiger partial charge in [-0.05, 0) is 26.8 Å². The predicted molar refractivity (Wildman–Crippen MR) is 72.1 cm³/mol. The van der Waals surface area contributed by atoms with Crippen LogP contribution in [0.3, 0.4) is 0 Å². The normalized spacial score (nSPS) is 8.50. The summed E-state index contributed by atoms with van der Waals surface area (Å²) < 4.78 is 9.29. The van der Waals surface area contributed by atoms with Crippen molar-refractivity contribution in [3.63, 3.8) is 0 Å². The van der Waals surface area contributed by atoms with Gasteiger partial charge in [0, 0.05) is 20.3 Å². The Bertz CT molecular complexity index is 285. The number of carbonyl (C=O) groups excluding carboxylic acids is 2. The molecule has 0 aromatic rings. The number of hydrogen-bond acceptors (Lipinski definition) is 4. The monoisotopic (exact) mass is 256 g/mol. The highest BCUT2D eigenvalue weighted by molar-refractivity contribution is 5.66. The van der Waals surface area contributed by atoms with Crippen LogP contribution in [0.4, 0.5) is 0 Å². The van der Waals surface area contributed by atoms with E-state index in [4.69, 9.17) is 0 Å². The van der Waals surface area contributed by atoms with Crippen molar-refractivity contribution < 1.29 is 19.1 Å². The molecule has 0 atom stereocenters. The molecule has 0 rings (SSSR count). The Morgan fingerprint density at radius 3 is 1.83 bits per heavy atom. The summed E-state index contributed by atoms with van der Waals surface area (Å²) in [6, 6.07) is 0. The van der Waals surface area contributed by atoms with E-state index in [0.29, 0.717) is 13.2 Å². The molecular formula is C14H24O4. The predicted octanol–water partition coefficient (Wildman–Crippen LogP) is 3.03. The average Bonchev–Trinajstić information content (AvgIpc) is 2.15. The van der Waals surface area contributed by atoms with Gasteiger partial charge < -0.3 is 9.47 Å². The van der Waals surface area contributed by atoms with Crippen LogP contribution in [0.1, 0.15) is 41.0 Å². The van der Waals surface area contributed by atoms with E-state index >= 15 is 0 Å². The van der Waals surface area contributed by atoms with Gasteiger partial charge in [-0.3, -0.25) is 9.59 Å². The lowest BCUT2D eigenvalue weighted by Gasteiger charge is -1.98. The van der Waals surface area contributed by atoms with E-state index in [0.717, 1.165) is 17.6 Å². The Hall–Kier alpha value is -1.58. The number of rotatable bonds is 5.